The highest BCUT2D eigenvalue weighted by Crippen LogP contribution is 2.28. The highest BCUT2D eigenvalue weighted by Gasteiger charge is 2.07. The zero-order valence-corrected chi connectivity index (χ0v) is 13.2. The van der Waals surface area contributed by atoms with Crippen LogP contribution < -0.4 is 5.32 Å². The Bertz CT molecular complexity index is 731. The van der Waals surface area contributed by atoms with Crippen LogP contribution in [0.15, 0.2) is 36.7 Å². The minimum atomic E-state index is 0.785. The lowest BCUT2D eigenvalue weighted by Crippen LogP contribution is -2.02. The molecule has 1 N–H and O–H groups in total. The van der Waals surface area contributed by atoms with Crippen LogP contribution in [0.1, 0.15) is 29.9 Å². The molecule has 108 valence electrons. The van der Waals surface area contributed by atoms with E-state index in [0.717, 1.165) is 35.4 Å². The fraction of sp³-hybridized carbons (Fsp3) is 0.294. The average Bonchev–Trinajstić information content (AvgIpc) is 2.97. The summed E-state index contributed by atoms with van der Waals surface area (Å²) in [6.07, 6.45) is 3.76. The third-order valence-electron chi connectivity index (χ3n) is 3.62. The van der Waals surface area contributed by atoms with Gasteiger partial charge in [-0.15, -0.1) is 11.3 Å². The first-order valence-electron chi connectivity index (χ1n) is 7.35. The summed E-state index contributed by atoms with van der Waals surface area (Å²) in [5.74, 6) is 0.926. The van der Waals surface area contributed by atoms with E-state index in [0.29, 0.717) is 0 Å². The van der Waals surface area contributed by atoms with Gasteiger partial charge in [-0.05, 0) is 30.0 Å². The minimum absolute atomic E-state index is 0.785. The lowest BCUT2D eigenvalue weighted by Gasteiger charge is -2.07. The maximum Gasteiger partial charge on any atom is 0.138 e. The van der Waals surface area contributed by atoms with Crippen molar-refractivity contribution >= 4 is 27.4 Å². The van der Waals surface area contributed by atoms with E-state index in [1.807, 2.05) is 0 Å². The number of rotatable bonds is 5. The second-order valence-corrected chi connectivity index (χ2v) is 6.15. The minimum Gasteiger partial charge on any atom is -0.365 e. The van der Waals surface area contributed by atoms with E-state index in [-0.39, 0.29) is 0 Å². The van der Waals surface area contributed by atoms with Crippen molar-refractivity contribution in [2.45, 2.75) is 33.2 Å². The van der Waals surface area contributed by atoms with Gasteiger partial charge < -0.3 is 5.32 Å². The van der Waals surface area contributed by atoms with Gasteiger partial charge >= 0.3 is 0 Å². The number of aryl methyl sites for hydroxylation is 2. The van der Waals surface area contributed by atoms with Crippen molar-refractivity contribution in [2.75, 3.05) is 5.32 Å². The Morgan fingerprint density at radius 3 is 2.48 bits per heavy atom. The van der Waals surface area contributed by atoms with Crippen LogP contribution in [-0.4, -0.2) is 9.97 Å². The fourth-order valence-electron chi connectivity index (χ4n) is 2.30. The van der Waals surface area contributed by atoms with Crippen molar-refractivity contribution in [3.63, 3.8) is 0 Å². The molecule has 4 heteroatoms. The highest BCUT2D eigenvalue weighted by atomic mass is 32.1. The molecule has 0 aliphatic carbocycles. The Morgan fingerprint density at radius 2 is 1.76 bits per heavy atom. The largest absolute Gasteiger partial charge is 0.365 e. The van der Waals surface area contributed by atoms with Gasteiger partial charge in [0.25, 0.3) is 0 Å². The molecule has 0 bridgehead atoms. The van der Waals surface area contributed by atoms with Crippen LogP contribution in [0.5, 0.6) is 0 Å². The zero-order valence-electron chi connectivity index (χ0n) is 12.4. The molecule has 1 aromatic carbocycles. The van der Waals surface area contributed by atoms with Crippen LogP contribution in [0.3, 0.4) is 0 Å². The molecule has 0 saturated heterocycles. The summed E-state index contributed by atoms with van der Waals surface area (Å²) < 4.78 is 0. The van der Waals surface area contributed by atoms with Gasteiger partial charge in [-0.3, -0.25) is 0 Å². The van der Waals surface area contributed by atoms with Crippen LogP contribution >= 0.6 is 11.3 Å². The molecule has 0 atom stereocenters. The summed E-state index contributed by atoms with van der Waals surface area (Å²) in [6.45, 7) is 5.13. The SMILES string of the molecule is CCc1ccc(CNc2ncnc3sc(CC)cc23)cc1. The average molecular weight is 297 g/mol. The first-order chi connectivity index (χ1) is 10.3. The maximum absolute atomic E-state index is 4.39. The number of aromatic nitrogens is 2. The summed E-state index contributed by atoms with van der Waals surface area (Å²) >= 11 is 1.75. The number of hydrogen-bond donors (Lipinski definition) is 1. The van der Waals surface area contributed by atoms with Crippen molar-refractivity contribution in [2.24, 2.45) is 0 Å². The molecular formula is C17H19N3S. The van der Waals surface area contributed by atoms with E-state index < -0.39 is 0 Å². The Labute approximate surface area is 129 Å². The van der Waals surface area contributed by atoms with Crippen molar-refractivity contribution in [1.29, 1.82) is 0 Å². The molecule has 3 rings (SSSR count). The number of thiophene rings is 1. The van der Waals surface area contributed by atoms with Gasteiger partial charge in [-0.25, -0.2) is 9.97 Å². The lowest BCUT2D eigenvalue weighted by molar-refractivity contribution is 1.09. The van der Waals surface area contributed by atoms with Crippen molar-refractivity contribution in [1.82, 2.24) is 9.97 Å². The van der Waals surface area contributed by atoms with Gasteiger partial charge in [0.2, 0.25) is 0 Å². The van der Waals surface area contributed by atoms with Gasteiger partial charge in [0, 0.05) is 11.4 Å². The van der Waals surface area contributed by atoms with Gasteiger partial charge in [0.15, 0.2) is 0 Å². The molecule has 2 heterocycles. The second-order valence-electron chi connectivity index (χ2n) is 5.03. The molecule has 0 saturated carbocycles. The van der Waals surface area contributed by atoms with E-state index in [1.165, 1.54) is 16.0 Å². The summed E-state index contributed by atoms with van der Waals surface area (Å²) in [7, 11) is 0. The molecule has 0 aliphatic rings. The number of nitrogens with zero attached hydrogens (tertiary/aromatic N) is 2. The molecule has 0 fully saturated rings. The lowest BCUT2D eigenvalue weighted by atomic mass is 10.1. The quantitative estimate of drug-likeness (QED) is 0.757. The van der Waals surface area contributed by atoms with Crippen molar-refractivity contribution < 1.29 is 0 Å². The molecule has 0 radical (unpaired) electrons. The van der Waals surface area contributed by atoms with Gasteiger partial charge in [0.1, 0.15) is 17.0 Å². The van der Waals surface area contributed by atoms with E-state index in [4.69, 9.17) is 0 Å². The predicted molar refractivity (Wildman–Crippen MR) is 89.9 cm³/mol. The van der Waals surface area contributed by atoms with Gasteiger partial charge in [-0.1, -0.05) is 38.1 Å². The molecule has 0 aliphatic heterocycles. The van der Waals surface area contributed by atoms with E-state index >= 15 is 0 Å². The number of anilines is 1. The van der Waals surface area contributed by atoms with Crippen LogP contribution in [0.4, 0.5) is 5.82 Å². The first-order valence-corrected chi connectivity index (χ1v) is 8.17. The molecular weight excluding hydrogens is 278 g/mol. The van der Waals surface area contributed by atoms with Crippen LogP contribution in [0, 0.1) is 0 Å². The standard InChI is InChI=1S/C17H19N3S/c1-3-12-5-7-13(8-6-12)10-18-16-15-9-14(4-2)21-17(15)20-11-19-16/h5-9,11H,3-4,10H2,1-2H3,(H,18,19,20). The monoisotopic (exact) mass is 297 g/mol. The molecule has 0 amide bonds. The smallest absolute Gasteiger partial charge is 0.138 e. The van der Waals surface area contributed by atoms with E-state index in [1.54, 1.807) is 17.7 Å². The number of fused-ring (bicyclic) bond motifs is 1. The molecule has 2 aromatic heterocycles. The molecule has 21 heavy (non-hydrogen) atoms. The van der Waals surface area contributed by atoms with Crippen molar-refractivity contribution in [3.8, 4) is 0 Å². The second kappa shape index (κ2) is 6.22. The summed E-state index contributed by atoms with van der Waals surface area (Å²) in [5.41, 5.74) is 2.64. The topological polar surface area (TPSA) is 37.8 Å². The molecule has 3 aromatic rings. The summed E-state index contributed by atoms with van der Waals surface area (Å²) in [5, 5.41) is 4.56. The van der Waals surface area contributed by atoms with Crippen LogP contribution in [0.2, 0.25) is 0 Å². The number of nitrogens with one attached hydrogen (secondary N) is 1. The molecule has 0 unspecified atom stereocenters. The highest BCUT2D eigenvalue weighted by molar-refractivity contribution is 7.18. The Balaban J connectivity index is 1.79. The Kier molecular flexibility index (Phi) is 4.15. The summed E-state index contributed by atoms with van der Waals surface area (Å²) in [4.78, 5) is 11.2. The Morgan fingerprint density at radius 1 is 1.00 bits per heavy atom. The van der Waals surface area contributed by atoms with E-state index in [9.17, 15) is 0 Å². The summed E-state index contributed by atoms with van der Waals surface area (Å²) in [6, 6.07) is 10.9. The first kappa shape index (κ1) is 14.0. The van der Waals surface area contributed by atoms with Crippen LogP contribution in [-0.2, 0) is 19.4 Å². The van der Waals surface area contributed by atoms with E-state index in [2.05, 4.69) is 59.5 Å². The predicted octanol–water partition coefficient (Wildman–Crippen LogP) is 4.43. The normalized spacial score (nSPS) is 11.0. The van der Waals surface area contributed by atoms with Crippen LogP contribution in [0.25, 0.3) is 10.2 Å². The number of hydrogen-bond acceptors (Lipinski definition) is 4. The van der Waals surface area contributed by atoms with Crippen molar-refractivity contribution in [3.05, 3.63) is 52.7 Å². The third-order valence-corrected chi connectivity index (χ3v) is 4.81. The maximum atomic E-state index is 4.39. The molecule has 0 spiro atoms. The zero-order chi connectivity index (χ0) is 14.7. The fourth-order valence-corrected chi connectivity index (χ4v) is 3.23. The third kappa shape index (κ3) is 3.05. The van der Waals surface area contributed by atoms with Gasteiger partial charge in [-0.2, -0.15) is 0 Å². The Hall–Kier alpha value is -1.94. The molecule has 3 nitrogen and oxygen atoms in total. The number of benzene rings is 1. The van der Waals surface area contributed by atoms with Gasteiger partial charge in [0.05, 0.1) is 5.39 Å².